The zero-order valence-electron chi connectivity index (χ0n) is 17.0. The Balaban J connectivity index is 1.55. The molecule has 1 amide bonds. The molecule has 0 aliphatic carbocycles. The number of para-hydroxylation sites is 1. The largest absolute Gasteiger partial charge is 0.451 e. The molecular formula is C24H23N3O2. The number of aromatic nitrogens is 1. The van der Waals surface area contributed by atoms with Crippen molar-refractivity contribution in [2.75, 3.05) is 0 Å². The third-order valence-electron chi connectivity index (χ3n) is 4.95. The highest BCUT2D eigenvalue weighted by Gasteiger charge is 2.12. The molecule has 0 fully saturated rings. The molecule has 0 aliphatic heterocycles. The molecule has 1 N–H and O–H groups in total. The van der Waals surface area contributed by atoms with Gasteiger partial charge >= 0.3 is 5.91 Å². The molecule has 0 aliphatic rings. The molecule has 0 saturated heterocycles. The molecule has 0 saturated carbocycles. The summed E-state index contributed by atoms with van der Waals surface area (Å²) >= 11 is 0. The van der Waals surface area contributed by atoms with E-state index in [0.29, 0.717) is 5.58 Å². The predicted molar refractivity (Wildman–Crippen MR) is 116 cm³/mol. The van der Waals surface area contributed by atoms with Gasteiger partial charge in [0.05, 0.1) is 6.21 Å². The zero-order chi connectivity index (χ0) is 20.5. The monoisotopic (exact) mass is 385 g/mol. The lowest BCUT2D eigenvalue weighted by Crippen LogP contribution is -2.16. The van der Waals surface area contributed by atoms with E-state index >= 15 is 0 Å². The molecule has 5 nitrogen and oxygen atoms in total. The molecule has 0 unspecified atom stereocenters. The molecule has 146 valence electrons. The molecule has 2 aromatic carbocycles. The van der Waals surface area contributed by atoms with Crippen LogP contribution in [0.2, 0.25) is 0 Å². The van der Waals surface area contributed by atoms with E-state index in [1.54, 1.807) is 12.3 Å². The van der Waals surface area contributed by atoms with Gasteiger partial charge in [0.2, 0.25) is 0 Å². The Morgan fingerprint density at radius 2 is 1.72 bits per heavy atom. The van der Waals surface area contributed by atoms with Crippen LogP contribution in [0.3, 0.4) is 0 Å². The first-order chi connectivity index (χ1) is 13.9. The standard InChI is InChI=1S/C24H23N3O2/c1-15-9-16(2)11-21(10-15)27-17(3)12-20(18(27)4)14-25-26-24(28)23-13-19-7-5-6-8-22(19)29-23/h5-14H,1-4H3,(H,26,28)/b25-14+. The smallest absolute Gasteiger partial charge is 0.307 e. The Kier molecular flexibility index (Phi) is 4.80. The van der Waals surface area contributed by atoms with Crippen LogP contribution >= 0.6 is 0 Å². The molecule has 4 rings (SSSR count). The Bertz CT molecular complexity index is 1190. The second-order valence-electron chi connectivity index (χ2n) is 7.36. The van der Waals surface area contributed by atoms with Gasteiger partial charge in [0, 0.05) is 28.0 Å². The van der Waals surface area contributed by atoms with E-state index < -0.39 is 0 Å². The number of hydrogen-bond donors (Lipinski definition) is 1. The van der Waals surface area contributed by atoms with Crippen LogP contribution < -0.4 is 5.43 Å². The van der Waals surface area contributed by atoms with Crippen LogP contribution in [0.4, 0.5) is 0 Å². The maximum absolute atomic E-state index is 12.3. The molecule has 4 aromatic rings. The van der Waals surface area contributed by atoms with Crippen molar-refractivity contribution in [1.82, 2.24) is 9.99 Å². The number of furan rings is 1. The average molecular weight is 385 g/mol. The third-order valence-corrected chi connectivity index (χ3v) is 4.95. The highest BCUT2D eigenvalue weighted by Crippen LogP contribution is 2.22. The van der Waals surface area contributed by atoms with Crippen molar-refractivity contribution in [3.8, 4) is 5.69 Å². The summed E-state index contributed by atoms with van der Waals surface area (Å²) in [5, 5.41) is 5.02. The second-order valence-corrected chi connectivity index (χ2v) is 7.36. The van der Waals surface area contributed by atoms with Crippen LogP contribution in [0.1, 0.15) is 38.6 Å². The number of aryl methyl sites for hydroxylation is 3. The van der Waals surface area contributed by atoms with Crippen LogP contribution in [0.15, 0.2) is 64.1 Å². The van der Waals surface area contributed by atoms with E-state index in [-0.39, 0.29) is 11.7 Å². The maximum Gasteiger partial charge on any atom is 0.307 e. The minimum atomic E-state index is -0.374. The van der Waals surface area contributed by atoms with E-state index in [2.05, 4.69) is 60.1 Å². The lowest BCUT2D eigenvalue weighted by atomic mass is 10.1. The molecule has 2 aromatic heterocycles. The Morgan fingerprint density at radius 3 is 2.45 bits per heavy atom. The van der Waals surface area contributed by atoms with Gasteiger partial charge in [-0.05, 0) is 69.2 Å². The number of benzene rings is 2. The summed E-state index contributed by atoms with van der Waals surface area (Å²) in [6, 6.07) is 17.8. The topological polar surface area (TPSA) is 59.5 Å². The SMILES string of the molecule is Cc1cc(C)cc(-n2c(C)cc(/C=N/NC(=O)c3cc4ccccc4o3)c2C)c1. The number of fused-ring (bicyclic) bond motifs is 1. The number of amides is 1. The third kappa shape index (κ3) is 3.72. The number of carbonyl (C=O) groups excluding carboxylic acids is 1. The molecule has 0 atom stereocenters. The van der Waals surface area contributed by atoms with Crippen molar-refractivity contribution in [2.24, 2.45) is 5.10 Å². The van der Waals surface area contributed by atoms with E-state index in [9.17, 15) is 4.79 Å². The van der Waals surface area contributed by atoms with Crippen molar-refractivity contribution < 1.29 is 9.21 Å². The molecule has 2 heterocycles. The Labute approximate surface area is 169 Å². The predicted octanol–water partition coefficient (Wildman–Crippen LogP) is 5.22. The van der Waals surface area contributed by atoms with Crippen molar-refractivity contribution in [3.63, 3.8) is 0 Å². The summed E-state index contributed by atoms with van der Waals surface area (Å²) in [6.45, 7) is 8.31. The number of hydrogen-bond acceptors (Lipinski definition) is 3. The number of nitrogens with one attached hydrogen (secondary N) is 1. The number of rotatable bonds is 4. The van der Waals surface area contributed by atoms with Crippen molar-refractivity contribution in [2.45, 2.75) is 27.7 Å². The van der Waals surface area contributed by atoms with Gasteiger partial charge in [-0.2, -0.15) is 5.10 Å². The lowest BCUT2D eigenvalue weighted by Gasteiger charge is -2.11. The minimum Gasteiger partial charge on any atom is -0.451 e. The van der Waals surface area contributed by atoms with Crippen molar-refractivity contribution in [1.29, 1.82) is 0 Å². The molecule has 0 bridgehead atoms. The summed E-state index contributed by atoms with van der Waals surface area (Å²) < 4.78 is 7.77. The lowest BCUT2D eigenvalue weighted by molar-refractivity contribution is 0.0929. The molecule has 0 radical (unpaired) electrons. The van der Waals surface area contributed by atoms with Gasteiger partial charge in [0.1, 0.15) is 5.58 Å². The number of hydrazone groups is 1. The quantitative estimate of drug-likeness (QED) is 0.387. The van der Waals surface area contributed by atoms with E-state index in [1.165, 1.54) is 11.1 Å². The van der Waals surface area contributed by atoms with Gasteiger partial charge in [-0.1, -0.05) is 24.3 Å². The zero-order valence-corrected chi connectivity index (χ0v) is 17.0. The van der Waals surface area contributed by atoms with Gasteiger partial charge in [-0.25, -0.2) is 5.43 Å². The summed E-state index contributed by atoms with van der Waals surface area (Å²) in [6.07, 6.45) is 1.67. The van der Waals surface area contributed by atoms with Crippen molar-refractivity contribution >= 4 is 23.1 Å². The molecule has 29 heavy (non-hydrogen) atoms. The average Bonchev–Trinajstić information content (AvgIpc) is 3.22. The molecule has 0 spiro atoms. The maximum atomic E-state index is 12.3. The molecular weight excluding hydrogens is 362 g/mol. The summed E-state index contributed by atoms with van der Waals surface area (Å²) in [7, 11) is 0. The van der Waals surface area contributed by atoms with Gasteiger partial charge < -0.3 is 8.98 Å². The molecule has 5 heteroatoms. The summed E-state index contributed by atoms with van der Waals surface area (Å²) in [4.78, 5) is 12.3. The fraction of sp³-hybridized carbons (Fsp3) is 0.167. The van der Waals surface area contributed by atoms with E-state index in [4.69, 9.17) is 4.42 Å². The number of carbonyl (C=O) groups is 1. The first-order valence-corrected chi connectivity index (χ1v) is 9.52. The highest BCUT2D eigenvalue weighted by atomic mass is 16.3. The Hall–Kier alpha value is -3.60. The number of nitrogens with zero attached hydrogens (tertiary/aromatic N) is 2. The fourth-order valence-electron chi connectivity index (χ4n) is 3.70. The van der Waals surface area contributed by atoms with Crippen LogP contribution in [0.5, 0.6) is 0 Å². The normalized spacial score (nSPS) is 11.4. The summed E-state index contributed by atoms with van der Waals surface area (Å²) in [5.74, 6) is -0.135. The van der Waals surface area contributed by atoms with E-state index in [0.717, 1.165) is 28.0 Å². The van der Waals surface area contributed by atoms with Gasteiger partial charge in [0.15, 0.2) is 5.76 Å². The first-order valence-electron chi connectivity index (χ1n) is 9.52. The van der Waals surface area contributed by atoms with E-state index in [1.807, 2.05) is 31.2 Å². The van der Waals surface area contributed by atoms with Gasteiger partial charge in [-0.15, -0.1) is 0 Å². The summed E-state index contributed by atoms with van der Waals surface area (Å²) in [5.41, 5.74) is 9.93. The van der Waals surface area contributed by atoms with Gasteiger partial charge in [-0.3, -0.25) is 4.79 Å². The first kappa shape index (κ1) is 18.7. The second kappa shape index (κ2) is 7.43. The minimum absolute atomic E-state index is 0.240. The van der Waals surface area contributed by atoms with Crippen LogP contribution in [-0.2, 0) is 0 Å². The van der Waals surface area contributed by atoms with Gasteiger partial charge in [0.25, 0.3) is 0 Å². The van der Waals surface area contributed by atoms with Crippen LogP contribution in [0.25, 0.3) is 16.7 Å². The van der Waals surface area contributed by atoms with Crippen LogP contribution in [0, 0.1) is 27.7 Å². The van der Waals surface area contributed by atoms with Crippen LogP contribution in [-0.4, -0.2) is 16.7 Å². The highest BCUT2D eigenvalue weighted by molar-refractivity contribution is 5.96. The fourth-order valence-corrected chi connectivity index (χ4v) is 3.70. The van der Waals surface area contributed by atoms with Crippen molar-refractivity contribution in [3.05, 3.63) is 88.4 Å². The Morgan fingerprint density at radius 1 is 1.00 bits per heavy atom.